The summed E-state index contributed by atoms with van der Waals surface area (Å²) in [6.45, 7) is 8.65. The van der Waals surface area contributed by atoms with Crippen LogP contribution in [0.3, 0.4) is 0 Å². The smallest absolute Gasteiger partial charge is 0.410 e. The number of likely N-dealkylation sites (N-methyl/N-ethyl adjacent to an activating group) is 1. The van der Waals surface area contributed by atoms with Gasteiger partial charge in [-0.15, -0.1) is 0 Å². The van der Waals surface area contributed by atoms with E-state index in [1.807, 2.05) is 125 Å². The van der Waals surface area contributed by atoms with Crippen molar-refractivity contribution in [3.8, 4) is 22.9 Å². The maximum Gasteiger partial charge on any atom is 0.410 e. The van der Waals surface area contributed by atoms with Gasteiger partial charge in [-0.3, -0.25) is 0 Å². The molecule has 0 saturated heterocycles. The molecular weight excluding hydrogens is 679 g/mol. The van der Waals surface area contributed by atoms with Crippen molar-refractivity contribution in [3.05, 3.63) is 149 Å². The number of esters is 1. The van der Waals surface area contributed by atoms with Crippen molar-refractivity contribution in [2.24, 2.45) is 0 Å². The summed E-state index contributed by atoms with van der Waals surface area (Å²) < 4.78 is 26.8. The maximum absolute atomic E-state index is 14.1. The molecule has 0 radical (unpaired) electrons. The quantitative estimate of drug-likeness (QED) is 0.123. The number of hydrogen-bond acceptors (Lipinski definition) is 7. The van der Waals surface area contributed by atoms with E-state index in [1.54, 1.807) is 11.9 Å². The summed E-state index contributed by atoms with van der Waals surface area (Å²) in [5.41, 5.74) is 6.59. The average Bonchev–Trinajstić information content (AvgIpc) is 3.74. The number of fused-ring (bicyclic) bond motifs is 3. The van der Waals surface area contributed by atoms with Crippen LogP contribution in [-0.2, 0) is 42.3 Å². The topological polar surface area (TPSA) is 92.1 Å². The van der Waals surface area contributed by atoms with E-state index < -0.39 is 11.6 Å². The van der Waals surface area contributed by atoms with E-state index in [1.165, 1.54) is 0 Å². The first-order valence-corrected chi connectivity index (χ1v) is 18.2. The van der Waals surface area contributed by atoms with Crippen molar-refractivity contribution >= 4 is 23.0 Å². The minimum atomic E-state index is -0.591. The van der Waals surface area contributed by atoms with Gasteiger partial charge in [0, 0.05) is 42.4 Å². The van der Waals surface area contributed by atoms with Crippen LogP contribution in [0.5, 0.6) is 11.6 Å². The third-order valence-electron chi connectivity index (χ3n) is 9.54. The van der Waals surface area contributed by atoms with Crippen LogP contribution >= 0.6 is 0 Å². The lowest BCUT2D eigenvalue weighted by Crippen LogP contribution is -2.41. The van der Waals surface area contributed by atoms with Crippen molar-refractivity contribution < 1.29 is 28.5 Å². The molecular formula is C45H45N3O6. The van der Waals surface area contributed by atoms with E-state index in [-0.39, 0.29) is 43.4 Å². The van der Waals surface area contributed by atoms with E-state index in [2.05, 4.69) is 22.8 Å². The predicted molar refractivity (Wildman–Crippen MR) is 209 cm³/mol. The van der Waals surface area contributed by atoms with Gasteiger partial charge in [0.1, 0.15) is 31.2 Å². The normalized spacial score (nSPS) is 13.7. The van der Waals surface area contributed by atoms with Gasteiger partial charge in [-0.05, 0) is 61.9 Å². The van der Waals surface area contributed by atoms with Crippen LogP contribution in [0, 0.1) is 6.92 Å². The van der Waals surface area contributed by atoms with Crippen molar-refractivity contribution in [2.45, 2.75) is 72.1 Å². The number of carbonyl (C=O) groups is 2. The molecule has 1 unspecified atom stereocenters. The van der Waals surface area contributed by atoms with Gasteiger partial charge >= 0.3 is 12.1 Å². The Morgan fingerprint density at radius 1 is 0.796 bits per heavy atom. The van der Waals surface area contributed by atoms with E-state index in [9.17, 15) is 9.59 Å². The van der Waals surface area contributed by atoms with Gasteiger partial charge in [0.25, 0.3) is 0 Å². The first kappa shape index (κ1) is 36.3. The van der Waals surface area contributed by atoms with Gasteiger partial charge in [0.2, 0.25) is 5.88 Å². The molecule has 0 saturated carbocycles. The fraction of sp³-hybridized carbons (Fsp3) is 0.267. The van der Waals surface area contributed by atoms with Gasteiger partial charge in [0.15, 0.2) is 5.56 Å². The summed E-state index contributed by atoms with van der Waals surface area (Å²) in [4.78, 5) is 33.8. The number of amides is 1. The molecule has 0 aliphatic carbocycles. The molecule has 54 heavy (non-hydrogen) atoms. The highest BCUT2D eigenvalue weighted by Crippen LogP contribution is 2.40. The van der Waals surface area contributed by atoms with E-state index >= 15 is 0 Å². The molecule has 0 spiro atoms. The van der Waals surface area contributed by atoms with Crippen LogP contribution in [0.1, 0.15) is 59.1 Å². The van der Waals surface area contributed by atoms with Crippen molar-refractivity contribution in [3.63, 3.8) is 0 Å². The second kappa shape index (κ2) is 15.5. The highest BCUT2D eigenvalue weighted by Gasteiger charge is 2.32. The summed E-state index contributed by atoms with van der Waals surface area (Å²) in [6.07, 6.45) is 0.378. The van der Waals surface area contributed by atoms with Crippen LogP contribution in [0.25, 0.3) is 22.2 Å². The van der Waals surface area contributed by atoms with Crippen molar-refractivity contribution in [1.82, 2.24) is 14.5 Å². The van der Waals surface area contributed by atoms with Gasteiger partial charge < -0.3 is 28.4 Å². The molecule has 0 fully saturated rings. The molecule has 3 heterocycles. The summed E-state index contributed by atoms with van der Waals surface area (Å²) in [7, 11) is 1.80. The molecule has 9 heteroatoms. The largest absolute Gasteiger partial charge is 0.487 e. The van der Waals surface area contributed by atoms with Crippen LogP contribution in [0.15, 0.2) is 115 Å². The summed E-state index contributed by atoms with van der Waals surface area (Å²) >= 11 is 0. The van der Waals surface area contributed by atoms with Crippen LogP contribution in [-0.4, -0.2) is 45.2 Å². The lowest BCUT2D eigenvalue weighted by atomic mass is 10.0. The first-order valence-electron chi connectivity index (χ1n) is 18.2. The predicted octanol–water partition coefficient (Wildman–Crippen LogP) is 9.32. The summed E-state index contributed by atoms with van der Waals surface area (Å²) in [5, 5.41) is 1.09. The molecule has 0 bridgehead atoms. The molecule has 1 atom stereocenters. The molecule has 7 rings (SSSR count). The molecule has 2 aromatic heterocycles. The zero-order valence-corrected chi connectivity index (χ0v) is 31.4. The fourth-order valence-electron chi connectivity index (χ4n) is 6.73. The van der Waals surface area contributed by atoms with Crippen molar-refractivity contribution in [1.29, 1.82) is 0 Å². The third kappa shape index (κ3) is 8.10. The Balaban J connectivity index is 1.28. The Kier molecular flexibility index (Phi) is 10.4. The Hall–Kier alpha value is -6.09. The Bertz CT molecular complexity index is 2260. The molecule has 1 amide bonds. The minimum Gasteiger partial charge on any atom is -0.487 e. The molecule has 276 valence electrons. The van der Waals surface area contributed by atoms with Gasteiger partial charge in [-0.25, -0.2) is 14.6 Å². The lowest BCUT2D eigenvalue weighted by molar-refractivity contribution is 0.0222. The monoisotopic (exact) mass is 723 g/mol. The number of nitrogens with zero attached hydrogens (tertiary/aromatic N) is 3. The zero-order valence-electron chi connectivity index (χ0n) is 31.4. The number of hydrogen-bond donors (Lipinski definition) is 0. The third-order valence-corrected chi connectivity index (χ3v) is 9.54. The number of rotatable bonds is 11. The minimum absolute atomic E-state index is 0.0417. The standard InChI is InChI=1S/C45H45N3O6/c1-30-40(35-22-21-34-23-36-25-37(26-48(36)38(34)24-35)47(5)44(50)54-45(2,3)4)46-42(52-28-32-17-11-7-12-18-32)39(41(30)51-27-31-15-9-6-10-16-31)43(49)53-29-33-19-13-8-14-20-33/h6-24,37H,25-29H2,1-5H3. The highest BCUT2D eigenvalue weighted by atomic mass is 16.6. The Labute approximate surface area is 316 Å². The number of aromatic nitrogens is 2. The number of benzene rings is 4. The second-order valence-corrected chi connectivity index (χ2v) is 14.7. The van der Waals surface area contributed by atoms with E-state index in [0.29, 0.717) is 30.0 Å². The summed E-state index contributed by atoms with van der Waals surface area (Å²) in [6, 6.07) is 37.5. The Morgan fingerprint density at radius 2 is 1.39 bits per heavy atom. The van der Waals surface area contributed by atoms with Crippen LogP contribution < -0.4 is 9.47 Å². The molecule has 0 N–H and O–H groups in total. The van der Waals surface area contributed by atoms with E-state index in [4.69, 9.17) is 23.9 Å². The van der Waals surface area contributed by atoms with Gasteiger partial charge in [-0.1, -0.05) is 103 Å². The Morgan fingerprint density at radius 3 is 2.00 bits per heavy atom. The number of carbonyl (C=O) groups excluding carboxylic acids is 2. The fourth-order valence-corrected chi connectivity index (χ4v) is 6.73. The highest BCUT2D eigenvalue weighted by molar-refractivity contribution is 5.97. The molecule has 1 aliphatic heterocycles. The summed E-state index contributed by atoms with van der Waals surface area (Å²) in [5.74, 6) is -0.114. The van der Waals surface area contributed by atoms with Crippen LogP contribution in [0.4, 0.5) is 4.79 Å². The number of ether oxygens (including phenoxy) is 4. The molecule has 9 nitrogen and oxygen atoms in total. The first-order chi connectivity index (χ1) is 26.0. The maximum atomic E-state index is 14.1. The van der Waals surface area contributed by atoms with Crippen LogP contribution in [0.2, 0.25) is 0 Å². The lowest BCUT2D eigenvalue weighted by Gasteiger charge is -2.28. The zero-order chi connectivity index (χ0) is 37.8. The molecule has 1 aliphatic rings. The second-order valence-electron chi connectivity index (χ2n) is 14.7. The van der Waals surface area contributed by atoms with Gasteiger partial charge in [-0.2, -0.15) is 0 Å². The number of pyridine rings is 1. The van der Waals surface area contributed by atoms with E-state index in [0.717, 1.165) is 38.9 Å². The SMILES string of the molecule is Cc1c(-c2ccc3cc4n(c3c2)CC(N(C)C(=O)OC(C)(C)C)C4)nc(OCc2ccccc2)c(C(=O)OCc2ccccc2)c1OCc1ccccc1. The van der Waals surface area contributed by atoms with Crippen molar-refractivity contribution in [2.75, 3.05) is 7.05 Å². The molecule has 4 aromatic carbocycles. The average molecular weight is 724 g/mol. The molecule has 6 aromatic rings. The van der Waals surface area contributed by atoms with Gasteiger partial charge in [0.05, 0.1) is 11.7 Å².